The summed E-state index contributed by atoms with van der Waals surface area (Å²) in [6, 6.07) is -0.286. The standard InChI is InChI=1S/C43H72N6O5/c1-26(2)27(3)38(7)17-18-40(9)28-13-14-31-39(8)22-53-24-43(31,29(28)15-16-41(40,10)32(38)36(51)52)21-30(33(39)54-23-42(11,45-12)37(4,5)6)49-34(47-25-48-49)35(50)46-20-19-44/h15,25-28,30-33,45H,13-14,16-24,44H2,1-12H3,(H,46,50)(H,51,52)/t27-,28+,30-,31+,32-,33+,38-,39-,40-,41+,42+,43+/m1/s1. The van der Waals surface area contributed by atoms with Crippen molar-refractivity contribution in [3.63, 3.8) is 0 Å². The summed E-state index contributed by atoms with van der Waals surface area (Å²) in [7, 11) is 2.00. The molecule has 1 aromatic heterocycles. The Labute approximate surface area is 324 Å². The third-order valence-corrected chi connectivity index (χ3v) is 17.4. The van der Waals surface area contributed by atoms with Crippen LogP contribution in [0, 0.1) is 62.1 Å². The molecular weight excluding hydrogens is 681 g/mol. The van der Waals surface area contributed by atoms with Gasteiger partial charge >= 0.3 is 5.97 Å². The number of hydrogen-bond donors (Lipinski definition) is 4. The normalized spacial score (nSPS) is 40.8. The predicted molar refractivity (Wildman–Crippen MR) is 211 cm³/mol. The average Bonchev–Trinajstić information content (AvgIpc) is 3.59. The van der Waals surface area contributed by atoms with Gasteiger partial charge in [-0.05, 0) is 97.8 Å². The number of hydrogen-bond acceptors (Lipinski definition) is 8. The molecule has 11 nitrogen and oxygen atoms in total. The van der Waals surface area contributed by atoms with E-state index in [1.807, 2.05) is 11.7 Å². The summed E-state index contributed by atoms with van der Waals surface area (Å²) in [6.07, 6.45) is 9.02. The quantitative estimate of drug-likeness (QED) is 0.186. The molecule has 0 radical (unpaired) electrons. The monoisotopic (exact) mass is 753 g/mol. The number of carbonyl (C=O) groups is 2. The van der Waals surface area contributed by atoms with Crippen LogP contribution in [0.2, 0.25) is 0 Å². The maximum atomic E-state index is 13.6. The van der Waals surface area contributed by atoms with Crippen molar-refractivity contribution in [1.29, 1.82) is 0 Å². The maximum Gasteiger partial charge on any atom is 0.307 e. The van der Waals surface area contributed by atoms with Crippen LogP contribution in [-0.2, 0) is 14.3 Å². The van der Waals surface area contributed by atoms with Crippen LogP contribution in [0.15, 0.2) is 18.0 Å². The Morgan fingerprint density at radius 3 is 2.41 bits per heavy atom. The SMILES string of the molecule is CN[C@@](C)(CO[C@H]1[C@H](n2ncnc2C(=O)NCCN)C[C@@]23COC[C@]1(C)[C@@H]2CC[C@H]1C3=CC[C@@]2(C)[C@H](C(=O)O)[C@@](C)([C@H](C)C(C)C)CC[C@]12C)C(C)(C)C. The zero-order valence-electron chi connectivity index (χ0n) is 35.5. The molecule has 1 amide bonds. The highest BCUT2D eigenvalue weighted by molar-refractivity contribution is 5.90. The lowest BCUT2D eigenvalue weighted by Crippen LogP contribution is -2.69. The minimum absolute atomic E-state index is 0.0932. The number of fused-ring (bicyclic) bond motifs is 3. The first kappa shape index (κ1) is 41.3. The molecule has 0 spiro atoms. The second kappa shape index (κ2) is 13.9. The number of carboxylic acid groups (broad SMARTS) is 1. The fraction of sp³-hybridized carbons (Fsp3) is 0.860. The van der Waals surface area contributed by atoms with Crippen molar-refractivity contribution in [3.05, 3.63) is 23.8 Å². The zero-order chi connectivity index (χ0) is 39.9. The molecule has 1 aliphatic heterocycles. The van der Waals surface area contributed by atoms with Crippen molar-refractivity contribution in [2.24, 2.45) is 67.8 Å². The summed E-state index contributed by atoms with van der Waals surface area (Å²) in [6.45, 7) is 27.3. The van der Waals surface area contributed by atoms with Gasteiger partial charge in [0.05, 0.1) is 37.9 Å². The molecule has 6 rings (SSSR count). The lowest BCUT2D eigenvalue weighted by Gasteiger charge is -2.71. The van der Waals surface area contributed by atoms with Gasteiger partial charge < -0.3 is 30.9 Å². The number of nitrogens with zero attached hydrogens (tertiary/aromatic N) is 3. The summed E-state index contributed by atoms with van der Waals surface area (Å²) in [5.74, 6) is 0.0739. The fourth-order valence-electron chi connectivity index (χ4n) is 13.0. The van der Waals surface area contributed by atoms with E-state index in [0.717, 1.165) is 32.1 Å². The molecule has 5 N–H and O–H groups in total. The molecule has 4 fully saturated rings. The van der Waals surface area contributed by atoms with E-state index >= 15 is 0 Å². The minimum Gasteiger partial charge on any atom is -0.481 e. The van der Waals surface area contributed by atoms with Crippen LogP contribution in [0.25, 0.3) is 0 Å². The highest BCUT2D eigenvalue weighted by Gasteiger charge is 2.72. The van der Waals surface area contributed by atoms with E-state index in [0.29, 0.717) is 45.2 Å². The summed E-state index contributed by atoms with van der Waals surface area (Å²) >= 11 is 0. The Balaban J connectivity index is 1.47. The minimum atomic E-state index is -0.649. The van der Waals surface area contributed by atoms with E-state index in [2.05, 4.69) is 97.9 Å². The van der Waals surface area contributed by atoms with Gasteiger partial charge in [0, 0.05) is 29.5 Å². The Kier molecular flexibility index (Phi) is 10.7. The van der Waals surface area contributed by atoms with Crippen LogP contribution in [0.5, 0.6) is 0 Å². The summed E-state index contributed by atoms with van der Waals surface area (Å²) in [5.41, 5.74) is 5.19. The van der Waals surface area contributed by atoms with E-state index in [9.17, 15) is 14.7 Å². The van der Waals surface area contributed by atoms with E-state index < -0.39 is 17.3 Å². The lowest BCUT2D eigenvalue weighted by atomic mass is 9.34. The molecule has 304 valence electrons. The molecule has 1 saturated heterocycles. The van der Waals surface area contributed by atoms with Gasteiger partial charge in [-0.2, -0.15) is 5.10 Å². The van der Waals surface area contributed by atoms with Gasteiger partial charge in [0.2, 0.25) is 5.82 Å². The molecule has 12 atom stereocenters. The molecule has 3 saturated carbocycles. The van der Waals surface area contributed by atoms with Gasteiger partial charge in [0.15, 0.2) is 0 Å². The van der Waals surface area contributed by atoms with Crippen LogP contribution in [0.3, 0.4) is 0 Å². The number of allylic oxidation sites excluding steroid dienone is 1. The van der Waals surface area contributed by atoms with E-state index in [1.165, 1.54) is 11.9 Å². The van der Waals surface area contributed by atoms with Gasteiger partial charge in [0.25, 0.3) is 5.91 Å². The third kappa shape index (κ3) is 5.86. The third-order valence-electron chi connectivity index (χ3n) is 17.4. The van der Waals surface area contributed by atoms with Crippen molar-refractivity contribution < 1.29 is 24.2 Å². The van der Waals surface area contributed by atoms with E-state index in [1.54, 1.807) is 0 Å². The van der Waals surface area contributed by atoms with Crippen molar-refractivity contribution in [2.75, 3.05) is 40.0 Å². The molecule has 2 heterocycles. The first-order valence-corrected chi connectivity index (χ1v) is 20.8. The molecule has 54 heavy (non-hydrogen) atoms. The number of likely N-dealkylation sites (N-methyl/N-ethyl adjacent to an activating group) is 1. The number of nitrogens with one attached hydrogen (secondary N) is 2. The number of aliphatic carboxylic acids is 1. The van der Waals surface area contributed by atoms with Crippen LogP contribution in [-0.4, -0.2) is 83.3 Å². The van der Waals surface area contributed by atoms with Crippen LogP contribution in [0.1, 0.15) is 131 Å². The summed E-state index contributed by atoms with van der Waals surface area (Å²) < 4.78 is 15.9. The van der Waals surface area contributed by atoms with Crippen molar-refractivity contribution >= 4 is 11.9 Å². The first-order chi connectivity index (χ1) is 25.1. The second-order valence-electron chi connectivity index (χ2n) is 20.8. The first-order valence-electron chi connectivity index (χ1n) is 20.8. The van der Waals surface area contributed by atoms with Gasteiger partial charge in [-0.3, -0.25) is 9.59 Å². The van der Waals surface area contributed by atoms with Gasteiger partial charge in [-0.25, -0.2) is 9.67 Å². The largest absolute Gasteiger partial charge is 0.481 e. The number of carbonyl (C=O) groups excluding carboxylic acids is 1. The number of amides is 1. The van der Waals surface area contributed by atoms with Crippen LogP contribution < -0.4 is 16.4 Å². The van der Waals surface area contributed by atoms with Crippen LogP contribution in [0.4, 0.5) is 0 Å². The maximum absolute atomic E-state index is 13.6. The van der Waals surface area contributed by atoms with Gasteiger partial charge in [-0.1, -0.05) is 80.9 Å². The van der Waals surface area contributed by atoms with Crippen molar-refractivity contribution in [2.45, 2.75) is 132 Å². The number of aromatic nitrogens is 3. The smallest absolute Gasteiger partial charge is 0.307 e. The number of ether oxygens (including phenoxy) is 2. The Morgan fingerprint density at radius 2 is 1.80 bits per heavy atom. The highest BCUT2D eigenvalue weighted by Crippen LogP contribution is 2.75. The van der Waals surface area contributed by atoms with Crippen molar-refractivity contribution in [3.8, 4) is 0 Å². The molecule has 5 aliphatic rings. The number of nitrogens with two attached hydrogens (primary N) is 1. The van der Waals surface area contributed by atoms with Gasteiger partial charge in [-0.15, -0.1) is 0 Å². The molecule has 1 aromatic rings. The lowest BCUT2D eigenvalue weighted by molar-refractivity contribution is -0.254. The molecule has 2 bridgehead atoms. The number of rotatable bonds is 11. The van der Waals surface area contributed by atoms with E-state index in [4.69, 9.17) is 20.3 Å². The Hall–Kier alpha value is -2.34. The zero-order valence-corrected chi connectivity index (χ0v) is 35.5. The molecule has 4 aliphatic carbocycles. The van der Waals surface area contributed by atoms with Crippen molar-refractivity contribution in [1.82, 2.24) is 25.4 Å². The highest BCUT2D eigenvalue weighted by atomic mass is 16.5. The van der Waals surface area contributed by atoms with Gasteiger partial charge in [0.1, 0.15) is 6.33 Å². The Morgan fingerprint density at radius 1 is 1.09 bits per heavy atom. The van der Waals surface area contributed by atoms with E-state index in [-0.39, 0.29) is 74.2 Å². The second-order valence-corrected chi connectivity index (χ2v) is 20.8. The molecule has 0 aromatic carbocycles. The average molecular weight is 753 g/mol. The predicted octanol–water partition coefficient (Wildman–Crippen LogP) is 6.51. The number of carboxylic acids is 1. The molecular formula is C43H72N6O5. The topological polar surface area (TPSA) is 154 Å². The Bertz CT molecular complexity index is 1620. The van der Waals surface area contributed by atoms with Crippen LogP contribution >= 0.6 is 0 Å². The molecule has 0 unspecified atom stereocenters. The summed E-state index contributed by atoms with van der Waals surface area (Å²) in [5, 5.41) is 22.4. The fourth-order valence-corrected chi connectivity index (χ4v) is 13.0. The summed E-state index contributed by atoms with van der Waals surface area (Å²) in [4.78, 5) is 31.7. The molecule has 11 heteroatoms.